The molecule has 0 bridgehead atoms. The van der Waals surface area contributed by atoms with Crippen LogP contribution in [0, 0.1) is 11.6 Å². The highest BCUT2D eigenvalue weighted by atomic mass is 19.1. The summed E-state index contributed by atoms with van der Waals surface area (Å²) in [5, 5.41) is 12.2. The third kappa shape index (κ3) is 2.65. The Morgan fingerprint density at radius 2 is 1.56 bits per heavy atom. The SMILES string of the molecule is OCC(Nc1ccccc1)c1c(F)cccc1F. The predicted molar refractivity (Wildman–Crippen MR) is 66.2 cm³/mol. The Kier molecular flexibility index (Phi) is 3.89. The third-order valence-corrected chi connectivity index (χ3v) is 2.65. The molecule has 18 heavy (non-hydrogen) atoms. The summed E-state index contributed by atoms with van der Waals surface area (Å²) in [5.41, 5.74) is 0.544. The first-order valence-corrected chi connectivity index (χ1v) is 5.58. The van der Waals surface area contributed by atoms with E-state index in [2.05, 4.69) is 5.32 Å². The molecule has 94 valence electrons. The highest BCUT2D eigenvalue weighted by Gasteiger charge is 2.19. The summed E-state index contributed by atoms with van der Waals surface area (Å²) in [5.74, 6) is -1.34. The second-order valence-electron chi connectivity index (χ2n) is 3.88. The molecule has 2 N–H and O–H groups in total. The average Bonchev–Trinajstić information content (AvgIpc) is 2.38. The van der Waals surface area contributed by atoms with E-state index < -0.39 is 24.3 Å². The zero-order valence-electron chi connectivity index (χ0n) is 9.61. The van der Waals surface area contributed by atoms with Gasteiger partial charge >= 0.3 is 0 Å². The summed E-state index contributed by atoms with van der Waals surface area (Å²) < 4.78 is 27.2. The molecule has 0 radical (unpaired) electrons. The fraction of sp³-hybridized carbons (Fsp3) is 0.143. The summed E-state index contributed by atoms with van der Waals surface area (Å²) in [7, 11) is 0. The molecule has 0 aliphatic carbocycles. The molecule has 1 atom stereocenters. The van der Waals surface area contributed by atoms with E-state index in [0.29, 0.717) is 5.69 Å². The molecule has 0 heterocycles. The van der Waals surface area contributed by atoms with Gasteiger partial charge in [-0.2, -0.15) is 0 Å². The summed E-state index contributed by atoms with van der Waals surface area (Å²) >= 11 is 0. The summed E-state index contributed by atoms with van der Waals surface area (Å²) in [6.45, 7) is -0.396. The van der Waals surface area contributed by atoms with Gasteiger partial charge in [0.2, 0.25) is 0 Å². The Hall–Kier alpha value is -1.94. The highest BCUT2D eigenvalue weighted by molar-refractivity contribution is 5.45. The van der Waals surface area contributed by atoms with E-state index in [9.17, 15) is 13.9 Å². The van der Waals surface area contributed by atoms with Crippen molar-refractivity contribution in [2.24, 2.45) is 0 Å². The maximum absolute atomic E-state index is 13.6. The summed E-state index contributed by atoms with van der Waals surface area (Å²) in [4.78, 5) is 0. The number of anilines is 1. The maximum Gasteiger partial charge on any atom is 0.131 e. The molecule has 1 unspecified atom stereocenters. The van der Waals surface area contributed by atoms with Crippen molar-refractivity contribution in [3.63, 3.8) is 0 Å². The molecule has 0 saturated carbocycles. The van der Waals surface area contributed by atoms with Crippen LogP contribution in [0.15, 0.2) is 48.5 Å². The molecule has 0 aliphatic heterocycles. The van der Waals surface area contributed by atoms with Crippen molar-refractivity contribution >= 4 is 5.69 Å². The van der Waals surface area contributed by atoms with Gasteiger partial charge in [0.1, 0.15) is 11.6 Å². The number of aliphatic hydroxyl groups is 1. The van der Waals surface area contributed by atoms with Crippen molar-refractivity contribution < 1.29 is 13.9 Å². The van der Waals surface area contributed by atoms with Gasteiger partial charge in [0.25, 0.3) is 0 Å². The molecule has 4 heteroatoms. The van der Waals surface area contributed by atoms with Gasteiger partial charge in [-0.25, -0.2) is 8.78 Å². The van der Waals surface area contributed by atoms with E-state index in [1.165, 1.54) is 18.2 Å². The fourth-order valence-corrected chi connectivity index (χ4v) is 1.79. The van der Waals surface area contributed by atoms with Crippen LogP contribution in [0.25, 0.3) is 0 Å². The molecule has 2 aromatic rings. The number of aliphatic hydroxyl groups excluding tert-OH is 1. The minimum absolute atomic E-state index is 0.149. The van der Waals surface area contributed by atoms with E-state index in [1.807, 2.05) is 6.07 Å². The lowest BCUT2D eigenvalue weighted by atomic mass is 10.1. The van der Waals surface area contributed by atoms with Gasteiger partial charge in [-0.05, 0) is 24.3 Å². The number of benzene rings is 2. The van der Waals surface area contributed by atoms with Crippen LogP contribution in [-0.2, 0) is 0 Å². The smallest absolute Gasteiger partial charge is 0.131 e. The molecular formula is C14H13F2NO. The maximum atomic E-state index is 13.6. The Balaban J connectivity index is 2.29. The van der Waals surface area contributed by atoms with Crippen molar-refractivity contribution in [2.75, 3.05) is 11.9 Å². The van der Waals surface area contributed by atoms with Crippen molar-refractivity contribution in [3.05, 3.63) is 65.7 Å². The third-order valence-electron chi connectivity index (χ3n) is 2.65. The van der Waals surface area contributed by atoms with E-state index in [-0.39, 0.29) is 5.56 Å². The van der Waals surface area contributed by atoms with Crippen molar-refractivity contribution in [3.8, 4) is 0 Å². The number of nitrogens with one attached hydrogen (secondary N) is 1. The van der Waals surface area contributed by atoms with E-state index in [0.717, 1.165) is 0 Å². The molecule has 0 aliphatic rings. The molecule has 2 rings (SSSR count). The van der Waals surface area contributed by atoms with Gasteiger partial charge in [-0.3, -0.25) is 0 Å². The molecule has 0 saturated heterocycles. The molecule has 0 amide bonds. The summed E-state index contributed by atoms with van der Waals surface area (Å²) in [6.07, 6.45) is 0. The van der Waals surface area contributed by atoms with Crippen LogP contribution in [-0.4, -0.2) is 11.7 Å². The topological polar surface area (TPSA) is 32.3 Å². The first-order chi connectivity index (χ1) is 8.72. The second kappa shape index (κ2) is 5.60. The first-order valence-electron chi connectivity index (χ1n) is 5.58. The van der Waals surface area contributed by atoms with Gasteiger partial charge in [0.05, 0.1) is 12.6 Å². The largest absolute Gasteiger partial charge is 0.394 e. The number of hydrogen-bond donors (Lipinski definition) is 2. The Labute approximate surface area is 104 Å². The monoisotopic (exact) mass is 249 g/mol. The lowest BCUT2D eigenvalue weighted by Crippen LogP contribution is -2.18. The Bertz CT molecular complexity index is 496. The highest BCUT2D eigenvalue weighted by Crippen LogP contribution is 2.24. The van der Waals surface area contributed by atoms with E-state index >= 15 is 0 Å². The van der Waals surface area contributed by atoms with Crippen LogP contribution in [0.2, 0.25) is 0 Å². The zero-order chi connectivity index (χ0) is 13.0. The van der Waals surface area contributed by atoms with Crippen LogP contribution in [0.5, 0.6) is 0 Å². The van der Waals surface area contributed by atoms with Gasteiger partial charge < -0.3 is 10.4 Å². The average molecular weight is 249 g/mol. The van der Waals surface area contributed by atoms with Crippen LogP contribution in [0.1, 0.15) is 11.6 Å². The number of hydrogen-bond acceptors (Lipinski definition) is 2. The lowest BCUT2D eigenvalue weighted by molar-refractivity contribution is 0.271. The van der Waals surface area contributed by atoms with Crippen LogP contribution in [0.4, 0.5) is 14.5 Å². The molecular weight excluding hydrogens is 236 g/mol. The molecule has 0 fully saturated rings. The van der Waals surface area contributed by atoms with Crippen molar-refractivity contribution in [1.29, 1.82) is 0 Å². The number of para-hydroxylation sites is 1. The quantitative estimate of drug-likeness (QED) is 0.872. The molecule has 0 aromatic heterocycles. The van der Waals surface area contributed by atoms with Crippen molar-refractivity contribution in [2.45, 2.75) is 6.04 Å². The minimum Gasteiger partial charge on any atom is -0.394 e. The molecule has 2 nitrogen and oxygen atoms in total. The Morgan fingerprint density at radius 3 is 2.11 bits per heavy atom. The molecule has 0 spiro atoms. The second-order valence-corrected chi connectivity index (χ2v) is 3.88. The summed E-state index contributed by atoms with van der Waals surface area (Å²) in [6, 6.07) is 11.8. The van der Waals surface area contributed by atoms with Crippen molar-refractivity contribution in [1.82, 2.24) is 0 Å². The predicted octanol–water partition coefficient (Wildman–Crippen LogP) is 3.11. The first kappa shape index (κ1) is 12.5. The van der Waals surface area contributed by atoms with Gasteiger partial charge in [-0.1, -0.05) is 24.3 Å². The fourth-order valence-electron chi connectivity index (χ4n) is 1.79. The minimum atomic E-state index is -0.811. The van der Waals surface area contributed by atoms with Crippen LogP contribution < -0.4 is 5.32 Å². The van der Waals surface area contributed by atoms with Gasteiger partial charge in [0.15, 0.2) is 0 Å². The number of rotatable bonds is 4. The Morgan fingerprint density at radius 1 is 0.944 bits per heavy atom. The zero-order valence-corrected chi connectivity index (χ0v) is 9.61. The van der Waals surface area contributed by atoms with Gasteiger partial charge in [0, 0.05) is 11.3 Å². The van der Waals surface area contributed by atoms with E-state index in [4.69, 9.17) is 0 Å². The molecule has 2 aromatic carbocycles. The number of halogens is 2. The van der Waals surface area contributed by atoms with Gasteiger partial charge in [-0.15, -0.1) is 0 Å². The lowest BCUT2D eigenvalue weighted by Gasteiger charge is -2.19. The normalized spacial score (nSPS) is 12.2. The standard InChI is InChI=1S/C14H13F2NO/c15-11-7-4-8-12(16)14(11)13(9-18)17-10-5-2-1-3-6-10/h1-8,13,17-18H,9H2. The van der Waals surface area contributed by atoms with E-state index in [1.54, 1.807) is 24.3 Å². The van der Waals surface area contributed by atoms with Crippen LogP contribution >= 0.6 is 0 Å². The van der Waals surface area contributed by atoms with Crippen LogP contribution in [0.3, 0.4) is 0 Å².